The molecular formula is C20H21N5O2S. The number of pyridine rings is 1. The lowest BCUT2D eigenvalue weighted by Crippen LogP contribution is -2.47. The first-order valence-electron chi connectivity index (χ1n) is 9.23. The predicted octanol–water partition coefficient (Wildman–Crippen LogP) is 4.00. The summed E-state index contributed by atoms with van der Waals surface area (Å²) in [5, 5.41) is 14.6. The van der Waals surface area contributed by atoms with E-state index in [0.29, 0.717) is 11.7 Å². The molecule has 4 rings (SSSR count). The molecule has 0 radical (unpaired) electrons. The van der Waals surface area contributed by atoms with E-state index in [0.717, 1.165) is 42.6 Å². The highest BCUT2D eigenvalue weighted by Gasteiger charge is 2.25. The number of hydrogen-bond acceptors (Lipinski definition) is 7. The van der Waals surface area contributed by atoms with Gasteiger partial charge in [0.2, 0.25) is 0 Å². The molecule has 1 aliphatic rings. The van der Waals surface area contributed by atoms with Crippen molar-refractivity contribution in [3.63, 3.8) is 0 Å². The van der Waals surface area contributed by atoms with Gasteiger partial charge in [0.25, 0.3) is 5.69 Å². The average molecular weight is 395 g/mol. The maximum atomic E-state index is 11.5. The Kier molecular flexibility index (Phi) is 5.31. The Balaban J connectivity index is 1.53. The van der Waals surface area contributed by atoms with Gasteiger partial charge in [-0.2, -0.15) is 0 Å². The Morgan fingerprint density at radius 1 is 1.11 bits per heavy atom. The fraction of sp³-hybridized carbons (Fsp3) is 0.300. The Labute approximate surface area is 167 Å². The van der Waals surface area contributed by atoms with Gasteiger partial charge in [0.1, 0.15) is 10.8 Å². The van der Waals surface area contributed by atoms with Gasteiger partial charge in [-0.1, -0.05) is 30.3 Å². The topological polar surface area (TPSA) is 75.4 Å². The monoisotopic (exact) mass is 395 g/mol. The lowest BCUT2D eigenvalue weighted by molar-refractivity contribution is -0.384. The Hall–Kier alpha value is -2.84. The van der Waals surface area contributed by atoms with Gasteiger partial charge in [0, 0.05) is 49.4 Å². The molecule has 0 amide bonds. The van der Waals surface area contributed by atoms with E-state index in [1.807, 2.05) is 41.9 Å². The first kappa shape index (κ1) is 18.5. The predicted molar refractivity (Wildman–Crippen MR) is 111 cm³/mol. The molecule has 28 heavy (non-hydrogen) atoms. The molecule has 2 aromatic heterocycles. The van der Waals surface area contributed by atoms with Crippen molar-refractivity contribution in [3.05, 3.63) is 69.2 Å². The van der Waals surface area contributed by atoms with Crippen LogP contribution in [0, 0.1) is 10.1 Å². The number of hydrogen-bond donors (Lipinski definition) is 0. The Bertz CT molecular complexity index is 940. The van der Waals surface area contributed by atoms with Crippen molar-refractivity contribution in [2.24, 2.45) is 0 Å². The summed E-state index contributed by atoms with van der Waals surface area (Å²) in [5.41, 5.74) is 1.21. The van der Waals surface area contributed by atoms with Crippen LogP contribution >= 0.6 is 11.3 Å². The van der Waals surface area contributed by atoms with Gasteiger partial charge in [0.15, 0.2) is 5.69 Å². The molecule has 3 aromatic rings. The number of thiazole rings is 1. The summed E-state index contributed by atoms with van der Waals surface area (Å²) in [5.74, 6) is 0.783. The first-order valence-corrected chi connectivity index (χ1v) is 10.1. The summed E-state index contributed by atoms with van der Waals surface area (Å²) in [6.45, 7) is 5.65. The highest BCUT2D eigenvalue weighted by molar-refractivity contribution is 7.09. The molecule has 0 aliphatic carbocycles. The summed E-state index contributed by atoms with van der Waals surface area (Å²) in [6.07, 6.45) is 1.85. The minimum atomic E-state index is -0.368. The zero-order valence-corrected chi connectivity index (χ0v) is 16.4. The van der Waals surface area contributed by atoms with Crippen LogP contribution < -0.4 is 4.90 Å². The van der Waals surface area contributed by atoms with Crippen molar-refractivity contribution >= 4 is 22.8 Å². The van der Waals surface area contributed by atoms with Crippen molar-refractivity contribution in [1.29, 1.82) is 0 Å². The van der Waals surface area contributed by atoms with Gasteiger partial charge in [-0.05, 0) is 13.0 Å². The van der Waals surface area contributed by atoms with Crippen molar-refractivity contribution < 1.29 is 4.92 Å². The van der Waals surface area contributed by atoms with E-state index in [1.54, 1.807) is 23.5 Å². The quantitative estimate of drug-likeness (QED) is 0.480. The average Bonchev–Trinajstić information content (AvgIpc) is 3.28. The van der Waals surface area contributed by atoms with Gasteiger partial charge in [0.05, 0.1) is 11.0 Å². The molecule has 0 N–H and O–H groups in total. The number of nitrogens with zero attached hydrogens (tertiary/aromatic N) is 5. The molecule has 3 heterocycles. The Morgan fingerprint density at radius 2 is 1.86 bits per heavy atom. The van der Waals surface area contributed by atoms with E-state index < -0.39 is 0 Å². The highest BCUT2D eigenvalue weighted by atomic mass is 32.1. The maximum Gasteiger partial charge on any atom is 0.295 e. The van der Waals surface area contributed by atoms with Gasteiger partial charge in [-0.25, -0.2) is 9.97 Å². The number of piperazine rings is 1. The van der Waals surface area contributed by atoms with Crippen molar-refractivity contribution in [1.82, 2.24) is 14.9 Å². The molecular weight excluding hydrogens is 374 g/mol. The Morgan fingerprint density at radius 3 is 2.50 bits per heavy atom. The fourth-order valence-corrected chi connectivity index (χ4v) is 4.24. The van der Waals surface area contributed by atoms with Gasteiger partial charge in [-0.15, -0.1) is 11.3 Å². The molecule has 1 atom stereocenters. The second-order valence-corrected chi connectivity index (χ2v) is 7.66. The smallest absolute Gasteiger partial charge is 0.295 e. The van der Waals surface area contributed by atoms with E-state index in [1.165, 1.54) is 0 Å². The maximum absolute atomic E-state index is 11.5. The normalized spacial score (nSPS) is 16.1. The molecule has 8 heteroatoms. The minimum absolute atomic E-state index is 0.0333. The summed E-state index contributed by atoms with van der Waals surface area (Å²) < 4.78 is 0. The SMILES string of the molecule is CC(c1nccs1)N1CCN(c2ccc([N+](=O)[O-])c(-c3ccccc3)n2)CC1. The highest BCUT2D eigenvalue weighted by Crippen LogP contribution is 2.31. The van der Waals surface area contributed by atoms with Crippen LogP contribution in [0.25, 0.3) is 11.3 Å². The largest absolute Gasteiger partial charge is 0.354 e. The molecule has 1 aromatic carbocycles. The third-order valence-corrected chi connectivity index (χ3v) is 6.04. The molecule has 1 fully saturated rings. The summed E-state index contributed by atoms with van der Waals surface area (Å²) in [7, 11) is 0. The van der Waals surface area contributed by atoms with E-state index in [-0.39, 0.29) is 10.6 Å². The van der Waals surface area contributed by atoms with Crippen LogP contribution in [0.1, 0.15) is 18.0 Å². The number of anilines is 1. The lowest BCUT2D eigenvalue weighted by atomic mass is 10.1. The standard InChI is InChI=1S/C20H21N5O2S/c1-15(20-21-9-14-28-20)23-10-12-24(13-11-23)18-8-7-17(25(26)27)19(22-18)16-5-3-2-4-6-16/h2-9,14-15H,10-13H2,1H3. The molecule has 144 valence electrons. The van der Waals surface area contributed by atoms with Crippen molar-refractivity contribution in [2.45, 2.75) is 13.0 Å². The number of nitro groups is 1. The van der Waals surface area contributed by atoms with Crippen LogP contribution in [0.3, 0.4) is 0 Å². The summed E-state index contributed by atoms with van der Waals surface area (Å²) in [4.78, 5) is 24.8. The molecule has 0 bridgehead atoms. The van der Waals surface area contributed by atoms with Crippen LogP contribution in [-0.4, -0.2) is 46.0 Å². The number of aromatic nitrogens is 2. The van der Waals surface area contributed by atoms with Crippen LogP contribution in [0.2, 0.25) is 0 Å². The molecule has 0 spiro atoms. The van der Waals surface area contributed by atoms with Crippen LogP contribution in [0.4, 0.5) is 11.5 Å². The van der Waals surface area contributed by atoms with E-state index in [2.05, 4.69) is 26.7 Å². The van der Waals surface area contributed by atoms with Crippen molar-refractivity contribution in [2.75, 3.05) is 31.1 Å². The van der Waals surface area contributed by atoms with Crippen LogP contribution in [0.5, 0.6) is 0 Å². The van der Waals surface area contributed by atoms with Crippen LogP contribution in [-0.2, 0) is 0 Å². The molecule has 0 saturated carbocycles. The van der Waals surface area contributed by atoms with Gasteiger partial charge < -0.3 is 4.90 Å². The summed E-state index contributed by atoms with van der Waals surface area (Å²) >= 11 is 1.68. The number of rotatable bonds is 5. The minimum Gasteiger partial charge on any atom is -0.354 e. The molecule has 7 nitrogen and oxygen atoms in total. The van der Waals surface area contributed by atoms with E-state index >= 15 is 0 Å². The molecule has 1 saturated heterocycles. The van der Waals surface area contributed by atoms with Gasteiger partial charge >= 0.3 is 0 Å². The van der Waals surface area contributed by atoms with Gasteiger partial charge in [-0.3, -0.25) is 15.0 Å². The molecule has 1 unspecified atom stereocenters. The van der Waals surface area contributed by atoms with E-state index in [4.69, 9.17) is 0 Å². The third-order valence-electron chi connectivity index (χ3n) is 5.10. The zero-order chi connectivity index (χ0) is 19.5. The van der Waals surface area contributed by atoms with E-state index in [9.17, 15) is 10.1 Å². The first-order chi connectivity index (χ1) is 13.6. The number of benzene rings is 1. The van der Waals surface area contributed by atoms with Crippen LogP contribution in [0.15, 0.2) is 54.0 Å². The third kappa shape index (κ3) is 3.74. The fourth-order valence-electron chi connectivity index (χ4n) is 3.51. The second-order valence-electron chi connectivity index (χ2n) is 6.73. The zero-order valence-electron chi connectivity index (χ0n) is 15.6. The second kappa shape index (κ2) is 8.04. The lowest BCUT2D eigenvalue weighted by Gasteiger charge is -2.38. The molecule has 1 aliphatic heterocycles. The summed E-state index contributed by atoms with van der Waals surface area (Å²) in [6, 6.07) is 13.0. The van der Waals surface area contributed by atoms with Crippen molar-refractivity contribution in [3.8, 4) is 11.3 Å².